The van der Waals surface area contributed by atoms with E-state index in [0.29, 0.717) is 29.8 Å². The van der Waals surface area contributed by atoms with Crippen LogP contribution in [0.3, 0.4) is 0 Å². The van der Waals surface area contributed by atoms with Gasteiger partial charge in [-0.2, -0.15) is 0 Å². The van der Waals surface area contributed by atoms with E-state index in [9.17, 15) is 24.3 Å². The summed E-state index contributed by atoms with van der Waals surface area (Å²) in [6, 6.07) is 14.5. The van der Waals surface area contributed by atoms with Crippen LogP contribution in [0.4, 0.5) is 10.5 Å². The molecule has 2 aliphatic heterocycles. The lowest BCUT2D eigenvalue weighted by atomic mass is 10.0. The van der Waals surface area contributed by atoms with Crippen molar-refractivity contribution < 1.29 is 24.3 Å². The minimum atomic E-state index is -1.07. The molecule has 0 aliphatic carbocycles. The average Bonchev–Trinajstić information content (AvgIpc) is 3.13. The van der Waals surface area contributed by atoms with Crippen LogP contribution in [-0.4, -0.2) is 46.4 Å². The Kier molecular flexibility index (Phi) is 6.72. The molecule has 0 bridgehead atoms. The number of unbranched alkanes of at least 4 members (excludes halogenated alkanes) is 2. The van der Waals surface area contributed by atoms with Crippen molar-refractivity contribution in [3.8, 4) is 0 Å². The first-order chi connectivity index (χ1) is 16.0. The number of imide groups is 1. The summed E-state index contributed by atoms with van der Waals surface area (Å²) in [6.45, 7) is 0.474. The van der Waals surface area contributed by atoms with E-state index in [1.165, 1.54) is 15.4 Å². The minimum absolute atomic E-state index is 0.147. The van der Waals surface area contributed by atoms with Crippen LogP contribution in [0.5, 0.6) is 0 Å². The van der Waals surface area contributed by atoms with E-state index >= 15 is 0 Å². The van der Waals surface area contributed by atoms with Gasteiger partial charge in [0.15, 0.2) is 0 Å². The number of hydrogen-bond donors (Lipinski definition) is 2. The van der Waals surface area contributed by atoms with Crippen molar-refractivity contribution in [3.63, 3.8) is 0 Å². The Hall–Kier alpha value is -3.68. The third-order valence-electron chi connectivity index (χ3n) is 6.27. The van der Waals surface area contributed by atoms with Gasteiger partial charge in [0.25, 0.3) is 5.91 Å². The summed E-state index contributed by atoms with van der Waals surface area (Å²) in [6.07, 6.45) is 2.87. The van der Waals surface area contributed by atoms with Gasteiger partial charge in [-0.3, -0.25) is 24.6 Å². The van der Waals surface area contributed by atoms with Crippen LogP contribution in [0, 0.1) is 0 Å². The number of fused-ring (bicyclic) bond motifs is 1. The normalized spacial score (nSPS) is 17.6. The molecule has 172 valence electrons. The number of aryl methyl sites for hydroxylation is 1. The Bertz CT molecular complexity index is 1070. The summed E-state index contributed by atoms with van der Waals surface area (Å²) in [7, 11) is 0. The van der Waals surface area contributed by atoms with Crippen molar-refractivity contribution in [1.82, 2.24) is 10.2 Å². The Labute approximate surface area is 192 Å². The molecule has 8 nitrogen and oxygen atoms in total. The number of carbonyl (C=O) groups is 4. The molecule has 2 heterocycles. The van der Waals surface area contributed by atoms with Crippen LogP contribution < -0.4 is 10.2 Å². The molecular weight excluding hydrogens is 422 g/mol. The van der Waals surface area contributed by atoms with Gasteiger partial charge in [-0.25, -0.2) is 4.79 Å². The molecule has 33 heavy (non-hydrogen) atoms. The van der Waals surface area contributed by atoms with Crippen molar-refractivity contribution in [2.24, 2.45) is 0 Å². The molecule has 0 spiro atoms. The van der Waals surface area contributed by atoms with E-state index in [1.807, 2.05) is 18.2 Å². The second-order valence-electron chi connectivity index (χ2n) is 8.43. The SMILES string of the molecule is O=C1CCC(N2Cc3c(cccc3N(CCCCCc3ccccc3)C(=O)O)C2=O)C(=O)N1. The maximum atomic E-state index is 13.0. The Morgan fingerprint density at radius 3 is 2.55 bits per heavy atom. The van der Waals surface area contributed by atoms with Crippen molar-refractivity contribution >= 4 is 29.5 Å². The van der Waals surface area contributed by atoms with Crippen molar-refractivity contribution in [3.05, 3.63) is 65.2 Å². The van der Waals surface area contributed by atoms with Crippen LogP contribution in [0.25, 0.3) is 0 Å². The third kappa shape index (κ3) is 4.89. The lowest BCUT2D eigenvalue weighted by molar-refractivity contribution is -0.136. The first-order valence-corrected chi connectivity index (χ1v) is 11.3. The molecule has 2 aromatic carbocycles. The second-order valence-corrected chi connectivity index (χ2v) is 8.43. The highest BCUT2D eigenvalue weighted by Gasteiger charge is 2.40. The van der Waals surface area contributed by atoms with Gasteiger partial charge < -0.3 is 10.0 Å². The van der Waals surface area contributed by atoms with Crippen molar-refractivity contribution in [1.29, 1.82) is 0 Å². The number of carboxylic acid groups (broad SMARTS) is 1. The molecular formula is C25H27N3O5. The minimum Gasteiger partial charge on any atom is -0.465 e. The summed E-state index contributed by atoms with van der Waals surface area (Å²) in [5.74, 6) is -1.14. The van der Waals surface area contributed by atoms with Crippen LogP contribution >= 0.6 is 0 Å². The quantitative estimate of drug-likeness (QED) is 0.475. The van der Waals surface area contributed by atoms with Crippen LogP contribution in [0.15, 0.2) is 48.5 Å². The Morgan fingerprint density at radius 2 is 1.82 bits per heavy atom. The van der Waals surface area contributed by atoms with Gasteiger partial charge in [0.05, 0.1) is 5.69 Å². The maximum Gasteiger partial charge on any atom is 0.411 e. The fourth-order valence-corrected chi connectivity index (χ4v) is 4.56. The molecule has 0 saturated carbocycles. The highest BCUT2D eigenvalue weighted by molar-refractivity contribution is 6.06. The van der Waals surface area contributed by atoms with Gasteiger partial charge in [0.1, 0.15) is 6.04 Å². The number of benzene rings is 2. The number of piperidine rings is 1. The van der Waals surface area contributed by atoms with Gasteiger partial charge in [-0.05, 0) is 43.4 Å². The fraction of sp³-hybridized carbons (Fsp3) is 0.360. The first kappa shape index (κ1) is 22.5. The first-order valence-electron chi connectivity index (χ1n) is 11.3. The number of rotatable bonds is 8. The van der Waals surface area contributed by atoms with Gasteiger partial charge in [0, 0.05) is 30.6 Å². The number of nitrogens with one attached hydrogen (secondary N) is 1. The molecule has 0 radical (unpaired) electrons. The van der Waals surface area contributed by atoms with E-state index in [4.69, 9.17) is 0 Å². The van der Waals surface area contributed by atoms with Crippen LogP contribution in [-0.2, 0) is 22.6 Å². The topological polar surface area (TPSA) is 107 Å². The van der Waals surface area contributed by atoms with E-state index in [2.05, 4.69) is 17.4 Å². The van der Waals surface area contributed by atoms with Crippen molar-refractivity contribution in [2.45, 2.75) is 51.1 Å². The number of nitrogens with zero attached hydrogens (tertiary/aromatic N) is 2. The third-order valence-corrected chi connectivity index (χ3v) is 6.27. The van der Waals surface area contributed by atoms with Crippen LogP contribution in [0.1, 0.15) is 53.6 Å². The summed E-state index contributed by atoms with van der Waals surface area (Å²) >= 11 is 0. The molecule has 8 heteroatoms. The highest BCUT2D eigenvalue weighted by atomic mass is 16.4. The predicted octanol–water partition coefficient (Wildman–Crippen LogP) is 3.35. The molecule has 0 aromatic heterocycles. The molecule has 4 amide bonds. The molecule has 1 atom stereocenters. The summed E-state index contributed by atoms with van der Waals surface area (Å²) in [5, 5.41) is 12.2. The summed E-state index contributed by atoms with van der Waals surface area (Å²) < 4.78 is 0. The van der Waals surface area contributed by atoms with E-state index in [-0.39, 0.29) is 31.2 Å². The number of amides is 4. The average molecular weight is 450 g/mol. The molecule has 2 aliphatic rings. The smallest absolute Gasteiger partial charge is 0.411 e. The maximum absolute atomic E-state index is 13.0. The Balaban J connectivity index is 1.43. The zero-order chi connectivity index (χ0) is 23.4. The zero-order valence-electron chi connectivity index (χ0n) is 18.3. The lowest BCUT2D eigenvalue weighted by Crippen LogP contribution is -2.52. The Morgan fingerprint density at radius 1 is 1.03 bits per heavy atom. The largest absolute Gasteiger partial charge is 0.465 e. The standard InChI is InChI=1S/C25H27N3O5/c29-22-14-13-21(23(30)26-22)28-16-19-18(24(28)31)11-7-12-20(19)27(25(32)33)15-6-2-5-10-17-8-3-1-4-9-17/h1,3-4,7-9,11-12,21H,2,5-6,10,13-16H2,(H,32,33)(H,26,29,30). The van der Waals surface area contributed by atoms with Crippen molar-refractivity contribution in [2.75, 3.05) is 11.4 Å². The zero-order valence-corrected chi connectivity index (χ0v) is 18.3. The fourth-order valence-electron chi connectivity index (χ4n) is 4.56. The highest BCUT2D eigenvalue weighted by Crippen LogP contribution is 2.34. The monoisotopic (exact) mass is 449 g/mol. The number of anilines is 1. The van der Waals surface area contributed by atoms with Gasteiger partial charge in [-0.1, -0.05) is 42.8 Å². The molecule has 4 rings (SSSR count). The van der Waals surface area contributed by atoms with E-state index in [1.54, 1.807) is 18.2 Å². The summed E-state index contributed by atoms with van der Waals surface area (Å²) in [5.41, 5.74) is 2.76. The molecule has 1 unspecified atom stereocenters. The predicted molar refractivity (Wildman–Crippen MR) is 122 cm³/mol. The second kappa shape index (κ2) is 9.85. The molecule has 1 fully saturated rings. The number of hydrogen-bond acceptors (Lipinski definition) is 4. The molecule has 2 aromatic rings. The van der Waals surface area contributed by atoms with Gasteiger partial charge >= 0.3 is 6.09 Å². The van der Waals surface area contributed by atoms with Gasteiger partial charge in [-0.15, -0.1) is 0 Å². The molecule has 2 N–H and O–H groups in total. The summed E-state index contributed by atoms with van der Waals surface area (Å²) in [4.78, 5) is 51.6. The van der Waals surface area contributed by atoms with Crippen LogP contribution in [0.2, 0.25) is 0 Å². The molecule has 1 saturated heterocycles. The van der Waals surface area contributed by atoms with Gasteiger partial charge in [0.2, 0.25) is 11.8 Å². The lowest BCUT2D eigenvalue weighted by Gasteiger charge is -2.29. The van der Waals surface area contributed by atoms with E-state index < -0.39 is 18.0 Å². The number of carbonyl (C=O) groups excluding carboxylic acids is 3. The van der Waals surface area contributed by atoms with E-state index in [0.717, 1.165) is 19.3 Å².